The van der Waals surface area contributed by atoms with Crippen molar-refractivity contribution >= 4 is 34.8 Å². The van der Waals surface area contributed by atoms with Gasteiger partial charge in [0.15, 0.2) is 0 Å². The molecule has 1 amide bonds. The molecule has 24 heavy (non-hydrogen) atoms. The molecule has 3 rings (SSSR count). The molecule has 126 valence electrons. The van der Waals surface area contributed by atoms with Crippen molar-refractivity contribution in [2.24, 2.45) is 0 Å². The van der Waals surface area contributed by atoms with Crippen LogP contribution in [0.5, 0.6) is 0 Å². The molecule has 1 saturated heterocycles. The Kier molecular flexibility index (Phi) is 5.77. The molecule has 3 nitrogen and oxygen atoms in total. The van der Waals surface area contributed by atoms with Gasteiger partial charge in [-0.15, -0.1) is 0 Å². The molecule has 2 aromatic carbocycles. The highest BCUT2D eigenvalue weighted by Crippen LogP contribution is 2.23. The Morgan fingerprint density at radius 2 is 1.71 bits per heavy atom. The summed E-state index contributed by atoms with van der Waals surface area (Å²) in [5.41, 5.74) is 2.55. The number of benzene rings is 2. The molecule has 0 radical (unpaired) electrons. The summed E-state index contributed by atoms with van der Waals surface area (Å²) in [5, 5.41) is 3.70. The third-order valence-electron chi connectivity index (χ3n) is 4.31. The predicted octanol–water partition coefficient (Wildman–Crippen LogP) is 4.88. The van der Waals surface area contributed by atoms with E-state index in [-0.39, 0.29) is 5.91 Å². The first-order valence-corrected chi connectivity index (χ1v) is 8.95. The number of halogens is 2. The average Bonchev–Trinajstić information content (AvgIpc) is 3.10. The fourth-order valence-corrected chi connectivity index (χ4v) is 3.19. The molecule has 0 atom stereocenters. The summed E-state index contributed by atoms with van der Waals surface area (Å²) in [7, 11) is 0. The van der Waals surface area contributed by atoms with E-state index in [0.717, 1.165) is 18.7 Å². The van der Waals surface area contributed by atoms with E-state index in [1.54, 1.807) is 18.2 Å². The highest BCUT2D eigenvalue weighted by atomic mass is 35.5. The zero-order valence-electron chi connectivity index (χ0n) is 13.4. The van der Waals surface area contributed by atoms with Crippen molar-refractivity contribution in [3.05, 3.63) is 63.6 Å². The average molecular weight is 363 g/mol. The van der Waals surface area contributed by atoms with Gasteiger partial charge in [-0.3, -0.25) is 4.79 Å². The molecule has 0 bridgehead atoms. The smallest absolute Gasteiger partial charge is 0.255 e. The number of hydrogen-bond donors (Lipinski definition) is 1. The fourth-order valence-electron chi connectivity index (χ4n) is 2.89. The molecule has 1 fully saturated rings. The van der Waals surface area contributed by atoms with Crippen LogP contribution in [-0.4, -0.2) is 30.4 Å². The maximum Gasteiger partial charge on any atom is 0.255 e. The lowest BCUT2D eigenvalue weighted by atomic mass is 10.1. The van der Waals surface area contributed by atoms with Crippen molar-refractivity contribution in [3.63, 3.8) is 0 Å². The molecule has 0 aliphatic carbocycles. The van der Waals surface area contributed by atoms with Crippen molar-refractivity contribution in [3.8, 4) is 0 Å². The number of carbonyl (C=O) groups is 1. The summed E-state index contributed by atoms with van der Waals surface area (Å²) in [4.78, 5) is 14.7. The minimum absolute atomic E-state index is 0.196. The van der Waals surface area contributed by atoms with Crippen molar-refractivity contribution < 1.29 is 4.79 Å². The summed E-state index contributed by atoms with van der Waals surface area (Å²) < 4.78 is 0. The lowest BCUT2D eigenvalue weighted by Gasteiger charge is -2.14. The Hall–Kier alpha value is -1.55. The van der Waals surface area contributed by atoms with Gasteiger partial charge in [-0.1, -0.05) is 35.3 Å². The third kappa shape index (κ3) is 4.50. The first-order chi connectivity index (χ1) is 11.6. The summed E-state index contributed by atoms with van der Waals surface area (Å²) >= 11 is 11.8. The van der Waals surface area contributed by atoms with Gasteiger partial charge in [0.1, 0.15) is 0 Å². The molecule has 1 N–H and O–H groups in total. The van der Waals surface area contributed by atoms with Gasteiger partial charge < -0.3 is 10.2 Å². The number of anilines is 1. The number of nitrogens with zero attached hydrogens (tertiary/aromatic N) is 1. The van der Waals surface area contributed by atoms with Crippen LogP contribution in [0.1, 0.15) is 28.8 Å². The molecule has 0 aromatic heterocycles. The number of hydrogen-bond acceptors (Lipinski definition) is 2. The lowest BCUT2D eigenvalue weighted by molar-refractivity contribution is 0.102. The normalized spacial score (nSPS) is 14.8. The maximum atomic E-state index is 12.2. The van der Waals surface area contributed by atoms with Gasteiger partial charge in [0.25, 0.3) is 5.91 Å². The van der Waals surface area contributed by atoms with E-state index in [9.17, 15) is 4.79 Å². The molecule has 1 aliphatic rings. The first kappa shape index (κ1) is 17.3. The number of carbonyl (C=O) groups excluding carboxylic acids is 1. The van der Waals surface area contributed by atoms with Gasteiger partial charge in [0.05, 0.1) is 10.0 Å². The van der Waals surface area contributed by atoms with E-state index in [1.165, 1.54) is 31.5 Å². The molecular formula is C19H20Cl2N2O. The van der Waals surface area contributed by atoms with Crippen LogP contribution in [0.4, 0.5) is 5.69 Å². The molecule has 0 unspecified atom stereocenters. The van der Waals surface area contributed by atoms with Crippen LogP contribution >= 0.6 is 23.2 Å². The number of amides is 1. The second-order valence-electron chi connectivity index (χ2n) is 6.08. The molecule has 0 spiro atoms. The summed E-state index contributed by atoms with van der Waals surface area (Å²) in [6.07, 6.45) is 3.68. The van der Waals surface area contributed by atoms with Crippen LogP contribution < -0.4 is 5.32 Å². The predicted molar refractivity (Wildman–Crippen MR) is 100 cm³/mol. The van der Waals surface area contributed by atoms with E-state index in [0.29, 0.717) is 15.6 Å². The Morgan fingerprint density at radius 1 is 1.00 bits per heavy atom. The Balaban J connectivity index is 1.56. The van der Waals surface area contributed by atoms with E-state index in [1.807, 2.05) is 12.1 Å². The van der Waals surface area contributed by atoms with Crippen LogP contribution in [0.25, 0.3) is 0 Å². The van der Waals surface area contributed by atoms with Crippen LogP contribution in [0.15, 0.2) is 42.5 Å². The summed E-state index contributed by atoms with van der Waals surface area (Å²) in [5.74, 6) is -0.196. The van der Waals surface area contributed by atoms with Gasteiger partial charge in [-0.2, -0.15) is 0 Å². The largest absolute Gasteiger partial charge is 0.322 e. The molecule has 1 heterocycles. The minimum atomic E-state index is -0.196. The number of rotatable bonds is 5. The van der Waals surface area contributed by atoms with Gasteiger partial charge >= 0.3 is 0 Å². The standard InChI is InChI=1S/C19H20Cl2N2O/c20-17-8-5-15(13-18(17)21)19(24)22-16-6-3-14(4-7-16)9-12-23-10-1-2-11-23/h3-8,13H,1-2,9-12H2,(H,22,24). The molecule has 2 aromatic rings. The molecule has 1 aliphatic heterocycles. The third-order valence-corrected chi connectivity index (χ3v) is 5.05. The highest BCUT2D eigenvalue weighted by molar-refractivity contribution is 6.42. The fraction of sp³-hybridized carbons (Fsp3) is 0.316. The zero-order chi connectivity index (χ0) is 16.9. The van der Waals surface area contributed by atoms with Crippen molar-refractivity contribution in [2.45, 2.75) is 19.3 Å². The summed E-state index contributed by atoms with van der Waals surface area (Å²) in [6, 6.07) is 12.9. The SMILES string of the molecule is O=C(Nc1ccc(CCN2CCCC2)cc1)c1ccc(Cl)c(Cl)c1. The molecular weight excluding hydrogens is 343 g/mol. The lowest BCUT2D eigenvalue weighted by Crippen LogP contribution is -2.21. The Bertz CT molecular complexity index is 710. The zero-order valence-corrected chi connectivity index (χ0v) is 14.9. The van der Waals surface area contributed by atoms with Crippen molar-refractivity contribution in [2.75, 3.05) is 25.0 Å². The van der Waals surface area contributed by atoms with E-state index in [2.05, 4.69) is 22.3 Å². The molecule has 0 saturated carbocycles. The van der Waals surface area contributed by atoms with Crippen LogP contribution in [0.2, 0.25) is 10.0 Å². The first-order valence-electron chi connectivity index (χ1n) is 8.19. The quantitative estimate of drug-likeness (QED) is 0.821. The van der Waals surface area contributed by atoms with Crippen molar-refractivity contribution in [1.29, 1.82) is 0 Å². The Labute approximate surface area is 152 Å². The van der Waals surface area contributed by atoms with Gasteiger partial charge in [-0.25, -0.2) is 0 Å². The van der Waals surface area contributed by atoms with Crippen LogP contribution in [0, 0.1) is 0 Å². The topological polar surface area (TPSA) is 32.3 Å². The van der Waals surface area contributed by atoms with E-state index < -0.39 is 0 Å². The molecule has 5 heteroatoms. The van der Waals surface area contributed by atoms with Gasteiger partial charge in [0, 0.05) is 17.8 Å². The van der Waals surface area contributed by atoms with E-state index in [4.69, 9.17) is 23.2 Å². The number of likely N-dealkylation sites (tertiary alicyclic amines) is 1. The minimum Gasteiger partial charge on any atom is -0.322 e. The van der Waals surface area contributed by atoms with E-state index >= 15 is 0 Å². The second kappa shape index (κ2) is 8.02. The Morgan fingerprint density at radius 3 is 2.38 bits per heavy atom. The maximum absolute atomic E-state index is 12.2. The number of nitrogens with one attached hydrogen (secondary N) is 1. The van der Waals surface area contributed by atoms with Crippen LogP contribution in [-0.2, 0) is 6.42 Å². The highest BCUT2D eigenvalue weighted by Gasteiger charge is 2.11. The van der Waals surface area contributed by atoms with Gasteiger partial charge in [0.2, 0.25) is 0 Å². The van der Waals surface area contributed by atoms with Crippen LogP contribution in [0.3, 0.4) is 0 Å². The van der Waals surface area contributed by atoms with Crippen molar-refractivity contribution in [1.82, 2.24) is 4.90 Å². The van der Waals surface area contributed by atoms with Gasteiger partial charge in [-0.05, 0) is 68.2 Å². The second-order valence-corrected chi connectivity index (χ2v) is 6.89. The monoisotopic (exact) mass is 362 g/mol. The summed E-state index contributed by atoms with van der Waals surface area (Å²) in [6.45, 7) is 3.55.